The summed E-state index contributed by atoms with van der Waals surface area (Å²) in [5, 5.41) is 19.3. The first-order valence-corrected chi connectivity index (χ1v) is 11.6. The summed E-state index contributed by atoms with van der Waals surface area (Å²) < 4.78 is 25.0. The Kier molecular flexibility index (Phi) is 4.69. The van der Waals surface area contributed by atoms with Crippen LogP contribution < -0.4 is 0 Å². The summed E-state index contributed by atoms with van der Waals surface area (Å²) in [4.78, 5) is 14.2. The zero-order valence-electron chi connectivity index (χ0n) is 17.1. The van der Waals surface area contributed by atoms with E-state index in [1.54, 1.807) is 24.8 Å². The first kappa shape index (κ1) is 20.2. The van der Waals surface area contributed by atoms with Crippen LogP contribution in [-0.2, 0) is 15.6 Å². The number of aromatic nitrogens is 6. The molecule has 5 rings (SSSR count). The number of fused-ring (bicyclic) bond motifs is 1. The molecule has 11 heteroatoms. The molecule has 0 amide bonds. The number of nitriles is 1. The van der Waals surface area contributed by atoms with Crippen LogP contribution in [0.5, 0.6) is 0 Å². The third-order valence-electron chi connectivity index (χ3n) is 5.63. The maximum atomic E-state index is 11.9. The molecule has 0 bridgehead atoms. The average Bonchev–Trinajstić information content (AvgIpc) is 3.25. The zero-order valence-corrected chi connectivity index (χ0v) is 17.9. The summed E-state index contributed by atoms with van der Waals surface area (Å²) in [5.74, 6) is 0. The van der Waals surface area contributed by atoms with Gasteiger partial charge in [-0.15, -0.1) is 0 Å². The minimum Gasteiger partial charge on any atom is -0.256 e. The normalized spacial score (nSPS) is 15.9. The minimum atomic E-state index is -3.34. The molecule has 10 nitrogen and oxygen atoms in total. The van der Waals surface area contributed by atoms with Crippen molar-refractivity contribution in [3.8, 4) is 28.5 Å². The Bertz CT molecular complexity index is 1450. The lowest BCUT2D eigenvalue weighted by atomic mass is 9.90. The number of sulfonamides is 1. The van der Waals surface area contributed by atoms with Crippen molar-refractivity contribution < 1.29 is 8.42 Å². The molecular weight excluding hydrogens is 428 g/mol. The molecule has 0 saturated carbocycles. The molecule has 1 aliphatic rings. The van der Waals surface area contributed by atoms with Gasteiger partial charge in [0.15, 0.2) is 0 Å². The van der Waals surface area contributed by atoms with E-state index in [0.29, 0.717) is 5.69 Å². The Hall–Kier alpha value is -3.75. The molecular formula is C21H18N8O2S. The summed E-state index contributed by atoms with van der Waals surface area (Å²) in [6, 6.07) is 9.91. The van der Waals surface area contributed by atoms with Gasteiger partial charge in [0, 0.05) is 48.2 Å². The van der Waals surface area contributed by atoms with Crippen LogP contribution in [0, 0.1) is 11.3 Å². The molecule has 4 heterocycles. The Morgan fingerprint density at radius 2 is 1.94 bits per heavy atom. The fourth-order valence-corrected chi connectivity index (χ4v) is 4.87. The van der Waals surface area contributed by atoms with Gasteiger partial charge in [-0.2, -0.15) is 24.6 Å². The van der Waals surface area contributed by atoms with E-state index in [1.165, 1.54) is 15.4 Å². The van der Waals surface area contributed by atoms with Gasteiger partial charge in [0.05, 0.1) is 30.5 Å². The van der Waals surface area contributed by atoms with Crippen LogP contribution in [0.25, 0.3) is 33.3 Å². The number of pyridine rings is 1. The second-order valence-electron chi connectivity index (χ2n) is 7.83. The molecule has 0 atom stereocenters. The van der Waals surface area contributed by atoms with Crippen LogP contribution in [0.15, 0.2) is 55.4 Å². The first-order chi connectivity index (χ1) is 15.4. The molecule has 0 radical (unpaired) electrons. The second kappa shape index (κ2) is 7.44. The lowest BCUT2D eigenvalue weighted by Crippen LogP contribution is -2.64. The zero-order chi connectivity index (χ0) is 22.3. The first-order valence-electron chi connectivity index (χ1n) is 9.79. The van der Waals surface area contributed by atoms with Gasteiger partial charge in [-0.3, -0.25) is 4.98 Å². The third-order valence-corrected chi connectivity index (χ3v) is 6.82. The van der Waals surface area contributed by atoms with Crippen LogP contribution in [-0.4, -0.2) is 62.0 Å². The van der Waals surface area contributed by atoms with E-state index in [2.05, 4.69) is 31.2 Å². The Morgan fingerprint density at radius 1 is 1.16 bits per heavy atom. The Morgan fingerprint density at radius 3 is 2.66 bits per heavy atom. The maximum absolute atomic E-state index is 11.9. The van der Waals surface area contributed by atoms with Gasteiger partial charge in [-0.25, -0.2) is 18.4 Å². The van der Waals surface area contributed by atoms with Gasteiger partial charge in [0.1, 0.15) is 17.6 Å². The molecule has 1 saturated heterocycles. The number of nitrogens with zero attached hydrogens (tertiary/aromatic N) is 8. The molecule has 32 heavy (non-hydrogen) atoms. The number of rotatable bonds is 5. The molecule has 4 aromatic rings. The van der Waals surface area contributed by atoms with E-state index < -0.39 is 15.6 Å². The van der Waals surface area contributed by atoms with Crippen molar-refractivity contribution in [3.05, 3.63) is 55.4 Å². The van der Waals surface area contributed by atoms with Crippen molar-refractivity contribution in [1.29, 1.82) is 5.26 Å². The van der Waals surface area contributed by atoms with Gasteiger partial charge in [-0.1, -0.05) is 6.07 Å². The average molecular weight is 446 g/mol. The quantitative estimate of drug-likeness (QED) is 0.454. The highest BCUT2D eigenvalue weighted by atomic mass is 32.2. The van der Waals surface area contributed by atoms with E-state index in [4.69, 9.17) is 0 Å². The standard InChI is InChI=1S/C21H18N8O2S/c1-32(30,31)28-12-21(13-28,4-5-22)29-26-11-20(27-29)18-7-15(16-9-23-14-24-10-16)8-19-17(18)3-2-6-25-19/h2-3,6-11,14H,4,12-13H2,1H3. The van der Waals surface area contributed by atoms with Crippen molar-refractivity contribution in [2.75, 3.05) is 19.3 Å². The van der Waals surface area contributed by atoms with Crippen molar-refractivity contribution >= 4 is 20.9 Å². The lowest BCUT2D eigenvalue weighted by Gasteiger charge is -2.46. The summed E-state index contributed by atoms with van der Waals surface area (Å²) in [6.45, 7) is 0.328. The van der Waals surface area contributed by atoms with Crippen LogP contribution >= 0.6 is 0 Å². The predicted octanol–water partition coefficient (Wildman–Crippen LogP) is 1.83. The van der Waals surface area contributed by atoms with Crippen LogP contribution in [0.4, 0.5) is 0 Å². The summed E-state index contributed by atoms with van der Waals surface area (Å²) in [6.07, 6.45) is 9.56. The van der Waals surface area contributed by atoms with Gasteiger partial charge < -0.3 is 0 Å². The second-order valence-corrected chi connectivity index (χ2v) is 9.81. The molecule has 1 aliphatic heterocycles. The lowest BCUT2D eigenvalue weighted by molar-refractivity contribution is 0.0579. The SMILES string of the molecule is CS(=O)(=O)N1CC(CC#N)(n2ncc(-c3cc(-c4cncnc4)cc4ncccc34)n2)C1. The van der Waals surface area contributed by atoms with Crippen molar-refractivity contribution in [2.45, 2.75) is 12.0 Å². The highest BCUT2D eigenvalue weighted by molar-refractivity contribution is 7.88. The summed E-state index contributed by atoms with van der Waals surface area (Å²) in [5.41, 5.74) is 3.17. The highest BCUT2D eigenvalue weighted by Gasteiger charge is 2.50. The van der Waals surface area contributed by atoms with Crippen molar-refractivity contribution in [2.24, 2.45) is 0 Å². The number of hydrogen-bond acceptors (Lipinski definition) is 8. The number of benzene rings is 1. The highest BCUT2D eigenvalue weighted by Crippen LogP contribution is 2.35. The summed E-state index contributed by atoms with van der Waals surface area (Å²) in [7, 11) is -3.34. The van der Waals surface area contributed by atoms with E-state index in [9.17, 15) is 13.7 Å². The van der Waals surface area contributed by atoms with Crippen molar-refractivity contribution in [1.82, 2.24) is 34.3 Å². The smallest absolute Gasteiger partial charge is 0.211 e. The van der Waals surface area contributed by atoms with Crippen LogP contribution in [0.1, 0.15) is 6.42 Å². The minimum absolute atomic E-state index is 0.108. The molecule has 3 aromatic heterocycles. The summed E-state index contributed by atoms with van der Waals surface area (Å²) >= 11 is 0. The van der Waals surface area contributed by atoms with E-state index in [0.717, 1.165) is 33.8 Å². The van der Waals surface area contributed by atoms with Gasteiger partial charge in [0.2, 0.25) is 10.0 Å². The monoisotopic (exact) mass is 446 g/mol. The molecule has 0 aliphatic carbocycles. The molecule has 0 N–H and O–H groups in total. The fourth-order valence-electron chi connectivity index (χ4n) is 3.93. The molecule has 160 valence electrons. The van der Waals surface area contributed by atoms with Crippen LogP contribution in [0.2, 0.25) is 0 Å². The molecule has 0 unspecified atom stereocenters. The van der Waals surface area contributed by atoms with Gasteiger partial charge >= 0.3 is 0 Å². The van der Waals surface area contributed by atoms with E-state index >= 15 is 0 Å². The van der Waals surface area contributed by atoms with E-state index in [-0.39, 0.29) is 19.5 Å². The molecule has 1 fully saturated rings. The predicted molar refractivity (Wildman–Crippen MR) is 116 cm³/mol. The maximum Gasteiger partial charge on any atom is 0.211 e. The topological polar surface area (TPSA) is 131 Å². The number of hydrogen-bond donors (Lipinski definition) is 0. The molecule has 1 aromatic carbocycles. The Labute approximate surface area is 184 Å². The van der Waals surface area contributed by atoms with Crippen molar-refractivity contribution in [3.63, 3.8) is 0 Å². The van der Waals surface area contributed by atoms with Gasteiger partial charge in [0.25, 0.3) is 0 Å². The molecule has 0 spiro atoms. The van der Waals surface area contributed by atoms with E-state index in [1.807, 2.05) is 24.3 Å². The van der Waals surface area contributed by atoms with Gasteiger partial charge in [-0.05, 0) is 23.8 Å². The fraction of sp³-hybridized carbons (Fsp3) is 0.238. The largest absolute Gasteiger partial charge is 0.256 e. The Balaban J connectivity index is 1.60. The third kappa shape index (κ3) is 3.39. The van der Waals surface area contributed by atoms with Crippen LogP contribution in [0.3, 0.4) is 0 Å².